The van der Waals surface area contributed by atoms with Crippen LogP contribution in [-0.2, 0) is 6.54 Å². The van der Waals surface area contributed by atoms with E-state index in [1.807, 2.05) is 6.07 Å². The van der Waals surface area contributed by atoms with Crippen LogP contribution in [-0.4, -0.2) is 6.79 Å². The molecule has 106 valence electrons. The third-order valence-corrected chi connectivity index (χ3v) is 4.91. The molecule has 0 spiro atoms. The van der Waals surface area contributed by atoms with Gasteiger partial charge in [-0.1, -0.05) is 13.0 Å². The smallest absolute Gasteiger partial charge is 0.231 e. The minimum Gasteiger partial charge on any atom is -0.454 e. The van der Waals surface area contributed by atoms with Crippen LogP contribution in [0.2, 0.25) is 0 Å². The number of thiophene rings is 1. The molecule has 1 aliphatic heterocycles. The Morgan fingerprint density at radius 3 is 3.05 bits per heavy atom. The fraction of sp³-hybridized carbons (Fsp3) is 0.333. The van der Waals surface area contributed by atoms with Gasteiger partial charge in [-0.05, 0) is 51.5 Å². The number of rotatable bonds is 5. The minimum absolute atomic E-state index is 0.303. The fourth-order valence-corrected chi connectivity index (χ4v) is 3.79. The number of hydrogen-bond donors (Lipinski definition) is 1. The molecule has 1 unspecified atom stereocenters. The van der Waals surface area contributed by atoms with Gasteiger partial charge in [0.2, 0.25) is 6.79 Å². The number of nitrogens with one attached hydrogen (secondary N) is 1. The van der Waals surface area contributed by atoms with E-state index in [1.165, 1.54) is 10.4 Å². The zero-order valence-electron chi connectivity index (χ0n) is 11.2. The molecule has 5 heteroatoms. The van der Waals surface area contributed by atoms with E-state index in [4.69, 9.17) is 9.47 Å². The summed E-state index contributed by atoms with van der Waals surface area (Å²) in [4.78, 5) is 1.38. The van der Waals surface area contributed by atoms with Crippen LogP contribution in [0.3, 0.4) is 0 Å². The molecule has 0 bridgehead atoms. The largest absolute Gasteiger partial charge is 0.454 e. The Labute approximate surface area is 131 Å². The van der Waals surface area contributed by atoms with E-state index in [9.17, 15) is 0 Å². The van der Waals surface area contributed by atoms with Gasteiger partial charge in [-0.3, -0.25) is 0 Å². The van der Waals surface area contributed by atoms with Crippen molar-refractivity contribution in [3.8, 4) is 11.5 Å². The molecule has 0 radical (unpaired) electrons. The first-order valence-electron chi connectivity index (χ1n) is 6.62. The highest BCUT2D eigenvalue weighted by Gasteiger charge is 2.18. The van der Waals surface area contributed by atoms with Crippen molar-refractivity contribution in [1.82, 2.24) is 5.32 Å². The first kappa shape index (κ1) is 13.9. The first-order valence-corrected chi connectivity index (χ1v) is 8.30. The number of hydrogen-bond acceptors (Lipinski definition) is 4. The van der Waals surface area contributed by atoms with Crippen molar-refractivity contribution in [2.75, 3.05) is 6.79 Å². The van der Waals surface area contributed by atoms with E-state index in [2.05, 4.69) is 51.7 Å². The molecule has 2 aromatic rings. The van der Waals surface area contributed by atoms with Gasteiger partial charge in [0, 0.05) is 17.5 Å². The van der Waals surface area contributed by atoms with E-state index >= 15 is 0 Å². The lowest BCUT2D eigenvalue weighted by Gasteiger charge is -2.16. The van der Waals surface area contributed by atoms with Crippen LogP contribution in [0.25, 0.3) is 0 Å². The third-order valence-electron chi connectivity index (χ3n) is 3.33. The number of ether oxygens (including phenoxy) is 2. The van der Waals surface area contributed by atoms with Crippen LogP contribution < -0.4 is 14.8 Å². The Morgan fingerprint density at radius 2 is 2.30 bits per heavy atom. The van der Waals surface area contributed by atoms with Gasteiger partial charge in [-0.15, -0.1) is 11.3 Å². The summed E-state index contributed by atoms with van der Waals surface area (Å²) in [6.07, 6.45) is 1.08. The predicted octanol–water partition coefficient (Wildman–Crippen LogP) is 4.48. The van der Waals surface area contributed by atoms with E-state index < -0.39 is 0 Å². The molecule has 20 heavy (non-hydrogen) atoms. The van der Waals surface area contributed by atoms with Crippen molar-refractivity contribution >= 4 is 27.3 Å². The average Bonchev–Trinajstić information content (AvgIpc) is 3.10. The second kappa shape index (κ2) is 6.16. The van der Waals surface area contributed by atoms with E-state index in [1.54, 1.807) is 11.3 Å². The normalized spacial score (nSPS) is 14.5. The van der Waals surface area contributed by atoms with Crippen molar-refractivity contribution in [2.45, 2.75) is 25.9 Å². The zero-order valence-corrected chi connectivity index (χ0v) is 13.6. The maximum atomic E-state index is 5.45. The molecule has 0 aliphatic carbocycles. The van der Waals surface area contributed by atoms with Gasteiger partial charge in [0.25, 0.3) is 0 Å². The van der Waals surface area contributed by atoms with Crippen LogP contribution in [0.1, 0.15) is 29.8 Å². The average molecular weight is 354 g/mol. The van der Waals surface area contributed by atoms with Gasteiger partial charge in [0.1, 0.15) is 0 Å². The molecule has 1 atom stereocenters. The number of fused-ring (bicyclic) bond motifs is 1. The monoisotopic (exact) mass is 353 g/mol. The van der Waals surface area contributed by atoms with Gasteiger partial charge >= 0.3 is 0 Å². The van der Waals surface area contributed by atoms with Crippen LogP contribution in [0.15, 0.2) is 34.1 Å². The number of benzene rings is 1. The SMILES string of the molecule is CCC(NCc1cc(Br)c2c(c1)OCO2)c1cccs1. The highest BCUT2D eigenvalue weighted by molar-refractivity contribution is 9.10. The molecular formula is C15H16BrNO2S. The van der Waals surface area contributed by atoms with Crippen LogP contribution in [0.5, 0.6) is 11.5 Å². The van der Waals surface area contributed by atoms with Gasteiger partial charge in [0.05, 0.1) is 4.47 Å². The lowest BCUT2D eigenvalue weighted by Crippen LogP contribution is -2.19. The summed E-state index contributed by atoms with van der Waals surface area (Å²) >= 11 is 5.33. The lowest BCUT2D eigenvalue weighted by molar-refractivity contribution is 0.173. The number of halogens is 1. The predicted molar refractivity (Wildman–Crippen MR) is 84.5 cm³/mol. The fourth-order valence-electron chi connectivity index (χ4n) is 2.30. The van der Waals surface area contributed by atoms with Gasteiger partial charge in [-0.25, -0.2) is 0 Å². The molecule has 0 amide bonds. The summed E-state index contributed by atoms with van der Waals surface area (Å²) in [6, 6.07) is 8.81. The molecule has 1 N–H and O–H groups in total. The van der Waals surface area contributed by atoms with Crippen molar-refractivity contribution in [1.29, 1.82) is 0 Å². The van der Waals surface area contributed by atoms with Gasteiger partial charge in [-0.2, -0.15) is 0 Å². The molecule has 1 aromatic carbocycles. The van der Waals surface area contributed by atoms with E-state index in [-0.39, 0.29) is 0 Å². The molecule has 1 aliphatic rings. The Balaban J connectivity index is 1.71. The quantitative estimate of drug-likeness (QED) is 0.859. The standard InChI is InChI=1S/C15H16BrNO2S/c1-2-12(14-4-3-5-20-14)17-8-10-6-11(16)15-13(7-10)18-9-19-15/h3-7,12,17H,2,8-9H2,1H3. The summed E-state index contributed by atoms with van der Waals surface area (Å²) in [5.41, 5.74) is 1.19. The highest BCUT2D eigenvalue weighted by Crippen LogP contribution is 2.40. The Bertz CT molecular complexity index is 586. The topological polar surface area (TPSA) is 30.5 Å². The Hall–Kier alpha value is -1.04. The molecule has 1 aromatic heterocycles. The maximum Gasteiger partial charge on any atom is 0.231 e. The van der Waals surface area contributed by atoms with Gasteiger partial charge in [0.15, 0.2) is 11.5 Å². The van der Waals surface area contributed by atoms with Crippen molar-refractivity contribution in [3.63, 3.8) is 0 Å². The second-order valence-electron chi connectivity index (χ2n) is 4.67. The molecule has 0 fully saturated rings. The molecule has 0 saturated carbocycles. The molecule has 2 heterocycles. The molecule has 0 saturated heterocycles. The summed E-state index contributed by atoms with van der Waals surface area (Å²) in [5.74, 6) is 1.62. The van der Waals surface area contributed by atoms with Crippen LogP contribution in [0.4, 0.5) is 0 Å². The van der Waals surface area contributed by atoms with Crippen molar-refractivity contribution in [2.24, 2.45) is 0 Å². The third kappa shape index (κ3) is 2.85. The second-order valence-corrected chi connectivity index (χ2v) is 6.50. The van der Waals surface area contributed by atoms with Crippen molar-refractivity contribution < 1.29 is 9.47 Å². The lowest BCUT2D eigenvalue weighted by atomic mass is 10.1. The molecule has 3 nitrogen and oxygen atoms in total. The zero-order chi connectivity index (χ0) is 13.9. The molecule has 3 rings (SSSR count). The van der Waals surface area contributed by atoms with Crippen LogP contribution >= 0.6 is 27.3 Å². The highest BCUT2D eigenvalue weighted by atomic mass is 79.9. The Morgan fingerprint density at radius 1 is 1.40 bits per heavy atom. The summed E-state index contributed by atoms with van der Waals surface area (Å²) in [7, 11) is 0. The summed E-state index contributed by atoms with van der Waals surface area (Å²) in [5, 5.41) is 5.72. The van der Waals surface area contributed by atoms with Crippen molar-refractivity contribution in [3.05, 3.63) is 44.6 Å². The van der Waals surface area contributed by atoms with Crippen LogP contribution in [0, 0.1) is 0 Å². The maximum absolute atomic E-state index is 5.45. The first-order chi connectivity index (χ1) is 9.78. The van der Waals surface area contributed by atoms with E-state index in [0.29, 0.717) is 12.8 Å². The molecular weight excluding hydrogens is 338 g/mol. The summed E-state index contributed by atoms with van der Waals surface area (Å²) < 4.78 is 11.8. The van der Waals surface area contributed by atoms with Gasteiger partial charge < -0.3 is 14.8 Å². The minimum atomic E-state index is 0.303. The Kier molecular flexibility index (Phi) is 4.29. The van der Waals surface area contributed by atoms with E-state index in [0.717, 1.165) is 28.9 Å². The summed E-state index contributed by atoms with van der Waals surface area (Å²) in [6.45, 7) is 3.32.